The van der Waals surface area contributed by atoms with Crippen LogP contribution >= 0.6 is 0 Å². The number of carboxylic acid groups (broad SMARTS) is 1. The summed E-state index contributed by atoms with van der Waals surface area (Å²) in [6.45, 7) is 4.95. The molecule has 4 atom stereocenters. The van der Waals surface area contributed by atoms with Gasteiger partial charge in [0.25, 0.3) is 5.91 Å². The van der Waals surface area contributed by atoms with Crippen LogP contribution in [0.4, 0.5) is 0 Å². The van der Waals surface area contributed by atoms with Gasteiger partial charge in [0, 0.05) is 85.8 Å². The molecule has 0 spiro atoms. The third-order valence-electron chi connectivity index (χ3n) is 16.6. The number of nitriles is 2. The molecule has 6 aromatic heterocycles. The van der Waals surface area contributed by atoms with Crippen LogP contribution in [0.15, 0.2) is 106 Å². The number of pyridine rings is 4. The minimum absolute atomic E-state index is 0.00705. The molecule has 6 aliphatic rings. The molecule has 8 aromatic rings. The lowest BCUT2D eigenvalue weighted by molar-refractivity contribution is -0.0871. The second kappa shape index (κ2) is 27.1. The first-order chi connectivity index (χ1) is 43.4. The number of aliphatic hydroxyl groups is 2. The number of methoxy groups -OCH3 is 2. The third-order valence-corrected chi connectivity index (χ3v) is 16.6. The van der Waals surface area contributed by atoms with Crippen molar-refractivity contribution < 1.29 is 71.6 Å². The number of hydrogen-bond donors (Lipinski definition) is 4. The summed E-state index contributed by atoms with van der Waals surface area (Å²) in [5.41, 5.74) is 7.38. The predicted octanol–water partition coefficient (Wildman–Crippen LogP) is 8.55. The Morgan fingerprint density at radius 1 is 0.573 bits per heavy atom. The van der Waals surface area contributed by atoms with E-state index in [2.05, 4.69) is 37.4 Å². The molecule has 12 heterocycles. The molecule has 89 heavy (non-hydrogen) atoms. The highest BCUT2D eigenvalue weighted by molar-refractivity contribution is 5.97. The maximum atomic E-state index is 13.6. The number of benzene rings is 2. The van der Waals surface area contributed by atoms with Crippen LogP contribution < -0.4 is 24.3 Å². The lowest BCUT2D eigenvalue weighted by atomic mass is 9.91. The van der Waals surface area contributed by atoms with Gasteiger partial charge < -0.3 is 72.3 Å². The number of nitrogens with one attached hydrogen (secondary N) is 1. The Hall–Kier alpha value is -9.04. The molecule has 4 unspecified atom stereocenters. The molecular formula is C66H66N8O15. The standard InChI is InChI=1S/C33H32N4O7.C26H21N3O6.C7H13NO2/c1-40-29-11-21(33(39)37-22-12-24(38)13-23(37)18-42-17-22)16-36-31(29)30-14-27-32(44-30)26(4-7-35-27)19-2-3-28(20(10-19)15-34)43-25-5-8-41-9-6-25;1-32-22-11-17(26(30)31)14-29-24(22)23-12-20-25(35-23)19(4-7-28-20)15-2-3-21(16(10-15)13-27)34-18-5-8-33-9-6-18;9-7-1-5-3-10-4-6(2-7)8-5/h2-4,7,10-11,14,16,22-25,38H,5-6,8-9,12-13,17-18H2,1H3;2-4,7,10-12,14,18H,5-6,8-9H2,1H3,(H,30,31);5-9H,1-4H2. The SMILES string of the molecule is COc1cc(C(=O)N2C3COCC2CC(O)C3)cnc1-c1cc2nccc(-c3ccc(OC4CCOCC4)c(C#N)c3)c2o1.COc1cc(C(=O)O)cnc1-c1cc2nccc(-c3ccc(OC4CCOCC4)c(C#N)c3)c2o1.OC1CC2COCC(C1)N2. The molecule has 6 aliphatic heterocycles. The Morgan fingerprint density at radius 2 is 1.03 bits per heavy atom. The summed E-state index contributed by atoms with van der Waals surface area (Å²) in [5, 5.41) is 51.8. The fourth-order valence-electron chi connectivity index (χ4n) is 12.3. The summed E-state index contributed by atoms with van der Waals surface area (Å²) in [4.78, 5) is 44.4. The Labute approximate surface area is 511 Å². The lowest BCUT2D eigenvalue weighted by Gasteiger charge is -2.47. The predicted molar refractivity (Wildman–Crippen MR) is 320 cm³/mol. The Bertz CT molecular complexity index is 3930. The quantitative estimate of drug-likeness (QED) is 0.0890. The number of aliphatic hydroxyl groups excluding tert-OH is 2. The maximum Gasteiger partial charge on any atom is 0.337 e. The number of carbonyl (C=O) groups is 2. The van der Waals surface area contributed by atoms with Crippen molar-refractivity contribution in [2.24, 2.45) is 0 Å². The van der Waals surface area contributed by atoms with Gasteiger partial charge in [0.05, 0.1) is 114 Å². The maximum absolute atomic E-state index is 13.6. The first kappa shape index (κ1) is 60.3. The van der Waals surface area contributed by atoms with E-state index in [0.717, 1.165) is 74.0 Å². The molecule has 14 rings (SSSR count). The Balaban J connectivity index is 0.000000152. The van der Waals surface area contributed by atoms with Gasteiger partial charge in [-0.25, -0.2) is 14.8 Å². The van der Waals surface area contributed by atoms with Crippen LogP contribution in [-0.2, 0) is 18.9 Å². The highest BCUT2D eigenvalue weighted by atomic mass is 16.5. The zero-order valence-electron chi connectivity index (χ0n) is 49.0. The van der Waals surface area contributed by atoms with Gasteiger partial charge in [-0.15, -0.1) is 0 Å². The first-order valence-corrected chi connectivity index (χ1v) is 29.7. The van der Waals surface area contributed by atoms with Crippen LogP contribution in [0.5, 0.6) is 23.0 Å². The van der Waals surface area contributed by atoms with Crippen molar-refractivity contribution in [2.45, 2.75) is 99.9 Å². The van der Waals surface area contributed by atoms with Gasteiger partial charge in [0.1, 0.15) is 69.8 Å². The topological polar surface area (TPSA) is 309 Å². The number of aromatic nitrogens is 4. The molecule has 0 radical (unpaired) electrons. The number of aromatic carboxylic acids is 1. The monoisotopic (exact) mass is 1210 g/mol. The first-order valence-electron chi connectivity index (χ1n) is 29.7. The molecule has 6 fully saturated rings. The number of nitrogens with zero attached hydrogens (tertiary/aromatic N) is 7. The van der Waals surface area contributed by atoms with Crippen molar-refractivity contribution in [1.82, 2.24) is 30.2 Å². The van der Waals surface area contributed by atoms with E-state index >= 15 is 0 Å². The van der Waals surface area contributed by atoms with E-state index in [4.69, 9.17) is 46.7 Å². The van der Waals surface area contributed by atoms with Gasteiger partial charge in [-0.1, -0.05) is 12.1 Å². The zero-order valence-corrected chi connectivity index (χ0v) is 49.0. The van der Waals surface area contributed by atoms with Crippen molar-refractivity contribution in [3.63, 3.8) is 0 Å². The van der Waals surface area contributed by atoms with Crippen LogP contribution in [0.2, 0.25) is 0 Å². The summed E-state index contributed by atoms with van der Waals surface area (Å²) < 4.78 is 57.4. The number of ether oxygens (including phenoxy) is 8. The number of amides is 1. The van der Waals surface area contributed by atoms with Gasteiger partial charge in [0.15, 0.2) is 22.7 Å². The number of furan rings is 2. The minimum Gasteiger partial charge on any atom is -0.494 e. The summed E-state index contributed by atoms with van der Waals surface area (Å²) in [6, 6.07) is 26.1. The largest absolute Gasteiger partial charge is 0.494 e. The van der Waals surface area contributed by atoms with Crippen LogP contribution in [0.1, 0.15) is 83.2 Å². The van der Waals surface area contributed by atoms with Crippen LogP contribution in [0.3, 0.4) is 0 Å². The van der Waals surface area contributed by atoms with Gasteiger partial charge in [-0.05, 0) is 85.3 Å². The van der Waals surface area contributed by atoms with E-state index in [9.17, 15) is 35.4 Å². The molecule has 2 aromatic carbocycles. The molecule has 23 nitrogen and oxygen atoms in total. The van der Waals surface area contributed by atoms with Gasteiger partial charge in [0.2, 0.25) is 0 Å². The highest BCUT2D eigenvalue weighted by Gasteiger charge is 2.42. The molecule has 0 saturated carbocycles. The lowest BCUT2D eigenvalue weighted by Crippen LogP contribution is -2.60. The highest BCUT2D eigenvalue weighted by Crippen LogP contribution is 2.41. The van der Waals surface area contributed by atoms with Crippen LogP contribution in [0.25, 0.3) is 67.4 Å². The Kier molecular flexibility index (Phi) is 18.4. The third kappa shape index (κ3) is 13.4. The summed E-state index contributed by atoms with van der Waals surface area (Å²) in [7, 11) is 2.96. The fourth-order valence-corrected chi connectivity index (χ4v) is 12.3. The second-order valence-corrected chi connectivity index (χ2v) is 22.6. The smallest absolute Gasteiger partial charge is 0.337 e. The molecule has 4 bridgehead atoms. The van der Waals surface area contributed by atoms with E-state index in [0.29, 0.717) is 144 Å². The van der Waals surface area contributed by atoms with Crippen LogP contribution in [-0.4, -0.2) is 168 Å². The normalized spacial score (nSPS) is 21.7. The molecule has 23 heteroatoms. The van der Waals surface area contributed by atoms with Gasteiger partial charge in [-0.2, -0.15) is 10.5 Å². The average Bonchev–Trinajstić information content (AvgIpc) is 2.05. The molecule has 0 aliphatic carbocycles. The van der Waals surface area contributed by atoms with Gasteiger partial charge >= 0.3 is 5.97 Å². The average molecular weight is 1210 g/mol. The fraction of sp³-hybridized carbons (Fsp3) is 0.394. The molecule has 460 valence electrons. The number of carboxylic acids is 1. The number of morpholine rings is 2. The summed E-state index contributed by atoms with van der Waals surface area (Å²) >= 11 is 0. The number of piperidine rings is 2. The number of carbonyl (C=O) groups excluding carboxylic acids is 1. The summed E-state index contributed by atoms with van der Waals surface area (Å²) in [6.07, 6.45) is 11.5. The van der Waals surface area contributed by atoms with Gasteiger partial charge in [-0.3, -0.25) is 14.8 Å². The van der Waals surface area contributed by atoms with Crippen molar-refractivity contribution in [2.75, 3.05) is 67.1 Å². The van der Waals surface area contributed by atoms with E-state index in [1.165, 1.54) is 32.7 Å². The van der Waals surface area contributed by atoms with Crippen LogP contribution in [0, 0.1) is 22.7 Å². The summed E-state index contributed by atoms with van der Waals surface area (Å²) in [5.74, 6) is 1.29. The minimum atomic E-state index is -1.10. The molecule has 1 amide bonds. The number of hydrogen-bond acceptors (Lipinski definition) is 21. The van der Waals surface area contributed by atoms with Crippen molar-refractivity contribution >= 4 is 34.1 Å². The van der Waals surface area contributed by atoms with E-state index in [1.54, 1.807) is 48.8 Å². The molecular weight excluding hydrogens is 1140 g/mol. The zero-order chi connectivity index (χ0) is 61.5. The van der Waals surface area contributed by atoms with Crippen molar-refractivity contribution in [1.29, 1.82) is 10.5 Å². The molecule has 6 saturated heterocycles. The van der Waals surface area contributed by atoms with E-state index < -0.39 is 12.1 Å². The Morgan fingerprint density at radius 3 is 1.51 bits per heavy atom. The van der Waals surface area contributed by atoms with Crippen molar-refractivity contribution in [3.8, 4) is 80.3 Å². The van der Waals surface area contributed by atoms with E-state index in [1.807, 2.05) is 35.2 Å². The molecule has 4 N–H and O–H groups in total. The van der Waals surface area contributed by atoms with E-state index in [-0.39, 0.29) is 47.6 Å². The number of rotatable bonds is 12. The second-order valence-electron chi connectivity index (χ2n) is 22.6. The number of fused-ring (bicyclic) bond motifs is 6. The van der Waals surface area contributed by atoms with Crippen molar-refractivity contribution in [3.05, 3.63) is 120 Å².